The maximum absolute atomic E-state index is 13.5. The molecule has 1 atom stereocenters. The molecule has 0 aromatic heterocycles. The molecule has 1 N–H and O–H groups in total. The first kappa shape index (κ1) is 13.7. The maximum atomic E-state index is 13.5. The summed E-state index contributed by atoms with van der Waals surface area (Å²) >= 11 is 1.14. The number of hydrogen-bond acceptors (Lipinski definition) is 3. The van der Waals surface area contributed by atoms with E-state index in [1.807, 2.05) is 0 Å². The maximum Gasteiger partial charge on any atom is 0.307 e. The lowest BCUT2D eigenvalue weighted by molar-refractivity contribution is -0.140. The first-order valence-corrected chi connectivity index (χ1v) is 6.06. The Bertz CT molecular complexity index is 445. The van der Waals surface area contributed by atoms with Gasteiger partial charge < -0.3 is 5.11 Å². The number of halogens is 1. The van der Waals surface area contributed by atoms with Gasteiger partial charge in [-0.15, -0.1) is 11.8 Å². The first-order valence-electron chi connectivity index (χ1n) is 5.08. The minimum Gasteiger partial charge on any atom is -0.481 e. The monoisotopic (exact) mass is 256 g/mol. The second-order valence-corrected chi connectivity index (χ2v) is 4.81. The molecule has 0 heterocycles. The van der Waals surface area contributed by atoms with Crippen molar-refractivity contribution >= 4 is 23.5 Å². The quantitative estimate of drug-likeness (QED) is 0.650. The van der Waals surface area contributed by atoms with E-state index in [0.29, 0.717) is 16.2 Å². The van der Waals surface area contributed by atoms with Crippen LogP contribution in [-0.2, 0) is 4.79 Å². The molecule has 1 unspecified atom stereocenters. The smallest absolute Gasteiger partial charge is 0.307 e. The zero-order chi connectivity index (χ0) is 13.0. The number of rotatable bonds is 5. The van der Waals surface area contributed by atoms with Crippen molar-refractivity contribution in [1.29, 1.82) is 0 Å². The summed E-state index contributed by atoms with van der Waals surface area (Å²) in [5, 5.41) is 8.69. The van der Waals surface area contributed by atoms with E-state index in [9.17, 15) is 14.0 Å². The van der Waals surface area contributed by atoms with Gasteiger partial charge in [0, 0.05) is 16.2 Å². The van der Waals surface area contributed by atoms with Crippen LogP contribution in [0.25, 0.3) is 0 Å². The van der Waals surface area contributed by atoms with E-state index < -0.39 is 17.7 Å². The van der Waals surface area contributed by atoms with E-state index in [2.05, 4.69) is 0 Å². The number of thioether (sulfide) groups is 1. The molecule has 0 bridgehead atoms. The van der Waals surface area contributed by atoms with E-state index in [1.165, 1.54) is 19.1 Å². The number of carboxylic acid groups (broad SMARTS) is 1. The lowest BCUT2D eigenvalue weighted by Crippen LogP contribution is -2.11. The van der Waals surface area contributed by atoms with Crippen LogP contribution in [0.5, 0.6) is 0 Å². The van der Waals surface area contributed by atoms with Gasteiger partial charge in [-0.3, -0.25) is 9.59 Å². The van der Waals surface area contributed by atoms with Gasteiger partial charge >= 0.3 is 5.97 Å². The normalized spacial score (nSPS) is 12.2. The third-order valence-electron chi connectivity index (χ3n) is 2.25. The predicted octanol–water partition coefficient (Wildman–Crippen LogP) is 2.84. The Balaban J connectivity index is 2.73. The molecule has 0 amide bonds. The molecular weight excluding hydrogens is 243 g/mol. The van der Waals surface area contributed by atoms with Crippen LogP contribution in [-0.4, -0.2) is 22.6 Å². The molecule has 17 heavy (non-hydrogen) atoms. The number of hydrogen-bond donors (Lipinski definition) is 1. The summed E-state index contributed by atoms with van der Waals surface area (Å²) in [6, 6.07) is 4.22. The van der Waals surface area contributed by atoms with Gasteiger partial charge in [0.05, 0.1) is 5.92 Å². The zero-order valence-electron chi connectivity index (χ0n) is 9.57. The Labute approximate surface area is 103 Å². The number of carboxylic acids is 1. The van der Waals surface area contributed by atoms with Crippen molar-refractivity contribution in [1.82, 2.24) is 0 Å². The van der Waals surface area contributed by atoms with Crippen LogP contribution in [0.15, 0.2) is 23.1 Å². The fourth-order valence-electron chi connectivity index (χ4n) is 1.12. The van der Waals surface area contributed by atoms with Gasteiger partial charge in [-0.1, -0.05) is 13.0 Å². The van der Waals surface area contributed by atoms with Crippen LogP contribution in [0.1, 0.15) is 24.2 Å². The van der Waals surface area contributed by atoms with Crippen molar-refractivity contribution in [2.45, 2.75) is 18.7 Å². The molecule has 0 aliphatic carbocycles. The van der Waals surface area contributed by atoms with Crippen LogP contribution in [0, 0.1) is 11.7 Å². The second-order valence-electron chi connectivity index (χ2n) is 3.75. The highest BCUT2D eigenvalue weighted by atomic mass is 32.2. The molecule has 0 saturated carbocycles. The van der Waals surface area contributed by atoms with Crippen LogP contribution in [0.2, 0.25) is 0 Å². The topological polar surface area (TPSA) is 54.4 Å². The molecule has 0 spiro atoms. The average molecular weight is 256 g/mol. The predicted molar refractivity (Wildman–Crippen MR) is 63.9 cm³/mol. The summed E-state index contributed by atoms with van der Waals surface area (Å²) in [5.74, 6) is -1.82. The zero-order valence-corrected chi connectivity index (χ0v) is 10.4. The number of carbonyl (C=O) groups excluding carboxylic acids is 1. The van der Waals surface area contributed by atoms with E-state index in [4.69, 9.17) is 5.11 Å². The molecule has 1 aromatic rings. The molecule has 3 nitrogen and oxygen atoms in total. The molecule has 0 radical (unpaired) electrons. The molecule has 0 saturated heterocycles. The van der Waals surface area contributed by atoms with Gasteiger partial charge in [0.25, 0.3) is 0 Å². The Kier molecular flexibility index (Phi) is 4.69. The van der Waals surface area contributed by atoms with E-state index >= 15 is 0 Å². The lowest BCUT2D eigenvalue weighted by Gasteiger charge is -2.07. The summed E-state index contributed by atoms with van der Waals surface area (Å²) < 4.78 is 13.5. The number of benzene rings is 1. The summed E-state index contributed by atoms with van der Waals surface area (Å²) in [4.78, 5) is 22.0. The van der Waals surface area contributed by atoms with E-state index in [-0.39, 0.29) is 5.78 Å². The fourth-order valence-corrected chi connectivity index (χ4v) is 2.06. The molecule has 1 aromatic carbocycles. The molecule has 0 aliphatic heterocycles. The van der Waals surface area contributed by atoms with Crippen molar-refractivity contribution in [3.63, 3.8) is 0 Å². The number of carbonyl (C=O) groups is 2. The molecule has 0 fully saturated rings. The minimum absolute atomic E-state index is 0.195. The fraction of sp³-hybridized carbons (Fsp3) is 0.333. The average Bonchev–Trinajstić information content (AvgIpc) is 2.26. The lowest BCUT2D eigenvalue weighted by atomic mass is 10.1. The Morgan fingerprint density at radius 3 is 2.59 bits per heavy atom. The highest BCUT2D eigenvalue weighted by Gasteiger charge is 2.13. The van der Waals surface area contributed by atoms with Crippen molar-refractivity contribution < 1.29 is 19.1 Å². The van der Waals surface area contributed by atoms with Crippen LogP contribution in [0.3, 0.4) is 0 Å². The van der Waals surface area contributed by atoms with Gasteiger partial charge in [0.15, 0.2) is 5.78 Å². The number of Topliss-reactive ketones (excluding diaryl/α,β-unsaturated/α-hetero) is 1. The number of ketones is 1. The summed E-state index contributed by atoms with van der Waals surface area (Å²) in [7, 11) is 0. The van der Waals surface area contributed by atoms with Gasteiger partial charge in [-0.25, -0.2) is 4.39 Å². The minimum atomic E-state index is -0.904. The molecule has 92 valence electrons. The summed E-state index contributed by atoms with van der Waals surface area (Å²) in [6.45, 7) is 2.94. The highest BCUT2D eigenvalue weighted by molar-refractivity contribution is 7.99. The second kappa shape index (κ2) is 5.82. The SMILES string of the molecule is CC(=O)c1ccc(SCC(C)C(=O)O)c(F)c1. The van der Waals surface area contributed by atoms with Crippen LogP contribution >= 0.6 is 11.8 Å². The van der Waals surface area contributed by atoms with Crippen molar-refractivity contribution in [2.75, 3.05) is 5.75 Å². The largest absolute Gasteiger partial charge is 0.481 e. The van der Waals surface area contributed by atoms with E-state index in [1.54, 1.807) is 13.0 Å². The molecule has 5 heteroatoms. The van der Waals surface area contributed by atoms with Gasteiger partial charge in [-0.2, -0.15) is 0 Å². The van der Waals surface area contributed by atoms with Crippen molar-refractivity contribution in [2.24, 2.45) is 5.92 Å². The Hall–Kier alpha value is -1.36. The van der Waals surface area contributed by atoms with Crippen LogP contribution < -0.4 is 0 Å². The molecule has 1 rings (SSSR count). The summed E-state index contributed by atoms with van der Waals surface area (Å²) in [6.07, 6.45) is 0. The Morgan fingerprint density at radius 1 is 1.47 bits per heavy atom. The standard InChI is InChI=1S/C12H13FO3S/c1-7(12(15)16)6-17-11-4-3-9(8(2)14)5-10(11)13/h3-5,7H,6H2,1-2H3,(H,15,16). The number of aliphatic carboxylic acids is 1. The third-order valence-corrected chi connectivity index (χ3v) is 3.56. The third kappa shape index (κ3) is 3.85. The van der Waals surface area contributed by atoms with Gasteiger partial charge in [0.2, 0.25) is 0 Å². The Morgan fingerprint density at radius 2 is 2.12 bits per heavy atom. The van der Waals surface area contributed by atoms with Crippen molar-refractivity contribution in [3.05, 3.63) is 29.6 Å². The van der Waals surface area contributed by atoms with E-state index in [0.717, 1.165) is 11.8 Å². The van der Waals surface area contributed by atoms with Crippen molar-refractivity contribution in [3.8, 4) is 0 Å². The van der Waals surface area contributed by atoms with Crippen LogP contribution in [0.4, 0.5) is 4.39 Å². The van der Waals surface area contributed by atoms with Gasteiger partial charge in [-0.05, 0) is 19.1 Å². The first-order chi connectivity index (χ1) is 7.91. The summed E-state index contributed by atoms with van der Waals surface area (Å²) in [5.41, 5.74) is 0.318. The molecular formula is C12H13FO3S. The molecule has 0 aliphatic rings. The highest BCUT2D eigenvalue weighted by Crippen LogP contribution is 2.24. The van der Waals surface area contributed by atoms with Gasteiger partial charge in [0.1, 0.15) is 5.82 Å².